The lowest BCUT2D eigenvalue weighted by Crippen LogP contribution is -2.33. The van der Waals surface area contributed by atoms with E-state index >= 15 is 0 Å². The van der Waals surface area contributed by atoms with E-state index in [-0.39, 0.29) is 17.7 Å². The van der Waals surface area contributed by atoms with Gasteiger partial charge in [-0.25, -0.2) is 17.5 Å². The predicted molar refractivity (Wildman–Crippen MR) is 60.3 cm³/mol. The van der Waals surface area contributed by atoms with Crippen LogP contribution in [0.2, 0.25) is 0 Å². The molecule has 0 bridgehead atoms. The minimum absolute atomic E-state index is 0.00432. The van der Waals surface area contributed by atoms with Crippen LogP contribution in [-0.4, -0.2) is 21.1 Å². The Bertz CT molecular complexity index is 570. The van der Waals surface area contributed by atoms with E-state index in [4.69, 9.17) is 5.73 Å². The topological polar surface area (TPSA) is 72.2 Å². The molecular weight excluding hydrogens is 288 g/mol. The molecule has 0 aliphatic carbocycles. The zero-order chi connectivity index (χ0) is 14.8. The number of halogens is 4. The van der Waals surface area contributed by atoms with Crippen molar-refractivity contribution in [1.29, 1.82) is 0 Å². The van der Waals surface area contributed by atoms with Crippen molar-refractivity contribution in [3.63, 3.8) is 0 Å². The van der Waals surface area contributed by atoms with E-state index in [0.717, 1.165) is 12.1 Å². The molecule has 0 amide bonds. The first-order chi connectivity index (χ1) is 8.57. The van der Waals surface area contributed by atoms with Crippen LogP contribution in [0.25, 0.3) is 0 Å². The van der Waals surface area contributed by atoms with Crippen molar-refractivity contribution in [2.24, 2.45) is 5.73 Å². The Hall–Kier alpha value is -1.19. The van der Waals surface area contributed by atoms with Crippen LogP contribution < -0.4 is 10.5 Å². The molecule has 9 heteroatoms. The highest BCUT2D eigenvalue weighted by atomic mass is 32.2. The Morgan fingerprint density at radius 2 is 1.89 bits per heavy atom. The molecule has 108 valence electrons. The summed E-state index contributed by atoms with van der Waals surface area (Å²) in [6.07, 6.45) is -4.67. The number of hydrogen-bond acceptors (Lipinski definition) is 3. The van der Waals surface area contributed by atoms with Crippen LogP contribution in [0, 0.1) is 12.7 Å². The highest BCUT2D eigenvalue weighted by Gasteiger charge is 2.30. The molecule has 0 aliphatic heterocycles. The molecule has 0 atom stereocenters. The van der Waals surface area contributed by atoms with Gasteiger partial charge in [0.25, 0.3) is 0 Å². The lowest BCUT2D eigenvalue weighted by atomic mass is 10.1. The van der Waals surface area contributed by atoms with Gasteiger partial charge in [0.15, 0.2) is 0 Å². The molecule has 1 rings (SSSR count). The van der Waals surface area contributed by atoms with Crippen molar-refractivity contribution in [3.8, 4) is 0 Å². The van der Waals surface area contributed by atoms with Crippen LogP contribution in [0.5, 0.6) is 0 Å². The molecule has 0 aliphatic rings. The number of benzene rings is 1. The number of sulfonamides is 1. The highest BCUT2D eigenvalue weighted by molar-refractivity contribution is 7.89. The second-order valence-corrected chi connectivity index (χ2v) is 5.62. The number of rotatable bonds is 4. The summed E-state index contributed by atoms with van der Waals surface area (Å²) in [5.74, 6) is -0.669. The SMILES string of the molecule is Cc1cc(S(=O)(=O)NCC(F)(F)F)cc(CN)c1F. The summed E-state index contributed by atoms with van der Waals surface area (Å²) in [7, 11) is -4.36. The molecule has 1 aromatic rings. The summed E-state index contributed by atoms with van der Waals surface area (Å²) in [4.78, 5) is -0.448. The third-order valence-corrected chi connectivity index (χ3v) is 3.68. The zero-order valence-corrected chi connectivity index (χ0v) is 10.7. The fourth-order valence-electron chi connectivity index (χ4n) is 1.37. The first-order valence-electron chi connectivity index (χ1n) is 5.12. The van der Waals surface area contributed by atoms with Crippen molar-refractivity contribution >= 4 is 10.0 Å². The Kier molecular flexibility index (Phi) is 4.54. The van der Waals surface area contributed by atoms with E-state index in [1.165, 1.54) is 11.6 Å². The van der Waals surface area contributed by atoms with Gasteiger partial charge in [-0.15, -0.1) is 0 Å². The molecule has 0 saturated carbocycles. The number of nitrogens with two attached hydrogens (primary N) is 1. The van der Waals surface area contributed by atoms with Gasteiger partial charge in [-0.1, -0.05) is 0 Å². The van der Waals surface area contributed by atoms with E-state index < -0.39 is 33.5 Å². The quantitative estimate of drug-likeness (QED) is 0.826. The fourth-order valence-corrected chi connectivity index (χ4v) is 2.52. The lowest BCUT2D eigenvalue weighted by Gasteiger charge is -2.11. The average Bonchev–Trinajstić information content (AvgIpc) is 2.29. The molecular formula is C10H12F4N2O2S. The van der Waals surface area contributed by atoms with Gasteiger partial charge in [-0.2, -0.15) is 13.2 Å². The normalized spacial score (nSPS) is 12.7. The van der Waals surface area contributed by atoms with Crippen LogP contribution in [0.15, 0.2) is 17.0 Å². The third kappa shape index (κ3) is 4.15. The standard InChI is InChI=1S/C10H12F4N2O2S/c1-6-2-8(3-7(4-15)9(6)11)19(17,18)16-5-10(12,13)14/h2-3,16H,4-5,15H2,1H3. The van der Waals surface area contributed by atoms with Crippen LogP contribution in [-0.2, 0) is 16.6 Å². The van der Waals surface area contributed by atoms with Crippen LogP contribution in [0.4, 0.5) is 17.6 Å². The van der Waals surface area contributed by atoms with E-state index in [1.807, 2.05) is 0 Å². The van der Waals surface area contributed by atoms with Crippen molar-refractivity contribution in [3.05, 3.63) is 29.1 Å². The first kappa shape index (κ1) is 15.9. The summed E-state index contributed by atoms with van der Waals surface area (Å²) in [6, 6.07) is 1.87. The minimum Gasteiger partial charge on any atom is -0.326 e. The fraction of sp³-hybridized carbons (Fsp3) is 0.400. The van der Waals surface area contributed by atoms with Crippen LogP contribution in [0.1, 0.15) is 11.1 Å². The summed E-state index contributed by atoms with van der Waals surface area (Å²) in [5.41, 5.74) is 5.16. The molecule has 0 aromatic heterocycles. The monoisotopic (exact) mass is 300 g/mol. The summed E-state index contributed by atoms with van der Waals surface area (Å²) in [6.45, 7) is -0.643. The predicted octanol–water partition coefficient (Wildman–Crippen LogP) is 1.43. The Labute approximate surface area is 107 Å². The van der Waals surface area contributed by atoms with Gasteiger partial charge in [0.2, 0.25) is 10.0 Å². The first-order valence-corrected chi connectivity index (χ1v) is 6.60. The van der Waals surface area contributed by atoms with Gasteiger partial charge in [0.1, 0.15) is 12.4 Å². The van der Waals surface area contributed by atoms with Crippen molar-refractivity contribution in [2.45, 2.75) is 24.5 Å². The van der Waals surface area contributed by atoms with Gasteiger partial charge < -0.3 is 5.73 Å². The van der Waals surface area contributed by atoms with E-state index in [1.54, 1.807) is 0 Å². The maximum absolute atomic E-state index is 13.5. The van der Waals surface area contributed by atoms with Crippen LogP contribution in [0.3, 0.4) is 0 Å². The summed E-state index contributed by atoms with van der Waals surface area (Å²) >= 11 is 0. The molecule has 0 unspecified atom stereocenters. The Morgan fingerprint density at radius 1 is 1.32 bits per heavy atom. The molecule has 0 heterocycles. The minimum atomic E-state index is -4.67. The third-order valence-electron chi connectivity index (χ3n) is 2.30. The molecule has 0 saturated heterocycles. The number of nitrogens with one attached hydrogen (secondary N) is 1. The second-order valence-electron chi connectivity index (χ2n) is 3.86. The molecule has 0 spiro atoms. The maximum atomic E-state index is 13.5. The molecule has 3 N–H and O–H groups in total. The molecule has 1 aromatic carbocycles. The van der Waals surface area contributed by atoms with Crippen LogP contribution >= 0.6 is 0 Å². The van der Waals surface area contributed by atoms with Gasteiger partial charge in [0, 0.05) is 12.1 Å². The maximum Gasteiger partial charge on any atom is 0.402 e. The van der Waals surface area contributed by atoms with Gasteiger partial charge in [0.05, 0.1) is 4.90 Å². The lowest BCUT2D eigenvalue weighted by molar-refractivity contribution is -0.121. The molecule has 0 radical (unpaired) electrons. The summed E-state index contributed by atoms with van der Waals surface area (Å²) < 4.78 is 74.1. The van der Waals surface area contributed by atoms with Gasteiger partial charge in [-0.05, 0) is 24.6 Å². The Morgan fingerprint density at radius 3 is 2.37 bits per heavy atom. The van der Waals surface area contributed by atoms with Crippen molar-refractivity contribution in [2.75, 3.05) is 6.54 Å². The summed E-state index contributed by atoms with van der Waals surface area (Å²) in [5, 5.41) is 0. The smallest absolute Gasteiger partial charge is 0.326 e. The second kappa shape index (κ2) is 5.43. The Balaban J connectivity index is 3.12. The molecule has 0 fully saturated rings. The largest absolute Gasteiger partial charge is 0.402 e. The van der Waals surface area contributed by atoms with E-state index in [2.05, 4.69) is 0 Å². The van der Waals surface area contributed by atoms with E-state index in [0.29, 0.717) is 0 Å². The zero-order valence-electron chi connectivity index (χ0n) is 9.88. The molecule has 4 nitrogen and oxygen atoms in total. The van der Waals surface area contributed by atoms with Crippen molar-refractivity contribution in [1.82, 2.24) is 4.72 Å². The van der Waals surface area contributed by atoms with Crippen molar-refractivity contribution < 1.29 is 26.0 Å². The average molecular weight is 300 g/mol. The van der Waals surface area contributed by atoms with Gasteiger partial charge >= 0.3 is 6.18 Å². The number of hydrogen-bond donors (Lipinski definition) is 2. The number of aryl methyl sites for hydroxylation is 1. The van der Waals surface area contributed by atoms with E-state index in [9.17, 15) is 26.0 Å². The molecule has 19 heavy (non-hydrogen) atoms. The number of alkyl halides is 3. The highest BCUT2D eigenvalue weighted by Crippen LogP contribution is 2.20. The van der Waals surface area contributed by atoms with Gasteiger partial charge in [-0.3, -0.25) is 0 Å².